The second-order valence-corrected chi connectivity index (χ2v) is 9.57. The molecular formula is C28H24F2N4O3. The van der Waals surface area contributed by atoms with Gasteiger partial charge >= 0.3 is 12.1 Å². The lowest BCUT2D eigenvalue weighted by molar-refractivity contribution is -0.129. The molecule has 3 atom stereocenters. The van der Waals surface area contributed by atoms with Crippen LogP contribution in [0.1, 0.15) is 17.9 Å². The molecule has 1 saturated carbocycles. The fourth-order valence-electron chi connectivity index (χ4n) is 5.33. The second kappa shape index (κ2) is 8.99. The summed E-state index contributed by atoms with van der Waals surface area (Å²) in [6.45, 7) is 0.616. The highest BCUT2D eigenvalue weighted by molar-refractivity contribution is 6.06. The first-order valence-corrected chi connectivity index (χ1v) is 12.2. The van der Waals surface area contributed by atoms with Gasteiger partial charge in [-0.2, -0.15) is 0 Å². The van der Waals surface area contributed by atoms with Crippen molar-refractivity contribution in [1.82, 2.24) is 14.7 Å². The predicted molar refractivity (Wildman–Crippen MR) is 133 cm³/mol. The average molecular weight is 503 g/mol. The number of amides is 5. The molecular weight excluding hydrogens is 478 g/mol. The first-order valence-electron chi connectivity index (χ1n) is 12.2. The van der Waals surface area contributed by atoms with Crippen LogP contribution in [-0.2, 0) is 4.79 Å². The Morgan fingerprint density at radius 2 is 1.65 bits per heavy atom. The molecule has 5 amide bonds. The van der Waals surface area contributed by atoms with Gasteiger partial charge in [0.25, 0.3) is 5.91 Å². The van der Waals surface area contributed by atoms with E-state index in [1.54, 1.807) is 4.90 Å². The van der Waals surface area contributed by atoms with E-state index in [1.165, 1.54) is 15.9 Å². The Labute approximate surface area is 212 Å². The number of carbonyl (C=O) groups is 3. The Morgan fingerprint density at radius 3 is 2.43 bits per heavy atom. The molecule has 0 spiro atoms. The van der Waals surface area contributed by atoms with Crippen molar-refractivity contribution in [1.29, 1.82) is 0 Å². The van der Waals surface area contributed by atoms with E-state index < -0.39 is 23.7 Å². The number of anilines is 1. The molecule has 37 heavy (non-hydrogen) atoms. The van der Waals surface area contributed by atoms with E-state index in [1.807, 2.05) is 54.6 Å². The number of halogens is 2. The average Bonchev–Trinajstić information content (AvgIpc) is 3.66. The monoisotopic (exact) mass is 502 g/mol. The third-order valence-corrected chi connectivity index (χ3v) is 7.36. The van der Waals surface area contributed by atoms with Gasteiger partial charge in [0, 0.05) is 30.6 Å². The largest absolute Gasteiger partial charge is 0.327 e. The van der Waals surface area contributed by atoms with Crippen LogP contribution in [0, 0.1) is 11.6 Å². The standard InChI is InChI=1S/C28H24F2N4O3/c29-21-11-10-18(14-22(21)30)20-15-24(20)34-26(35)25-16-32(12-13-33(25)28(34)37)27(36)31-23-9-5-4-8-19(23)17-6-2-1-3-7-17/h1-11,14,20,24-25H,12-13,15-16H2,(H,31,36)/t20?,24?,25-/m0/s1. The van der Waals surface area contributed by atoms with Crippen LogP contribution < -0.4 is 5.32 Å². The van der Waals surface area contributed by atoms with Crippen LogP contribution in [0.15, 0.2) is 72.8 Å². The highest BCUT2D eigenvalue weighted by atomic mass is 19.2. The Bertz CT molecular complexity index is 1400. The minimum Gasteiger partial charge on any atom is -0.320 e. The first kappa shape index (κ1) is 23.1. The van der Waals surface area contributed by atoms with E-state index in [2.05, 4.69) is 5.32 Å². The van der Waals surface area contributed by atoms with E-state index in [9.17, 15) is 23.2 Å². The Hall–Kier alpha value is -4.27. The van der Waals surface area contributed by atoms with Gasteiger partial charge in [0.05, 0.1) is 12.2 Å². The molecule has 2 unspecified atom stereocenters. The van der Waals surface area contributed by atoms with Gasteiger partial charge in [-0.05, 0) is 35.7 Å². The molecule has 3 aromatic rings. The maximum Gasteiger partial charge on any atom is 0.327 e. The van der Waals surface area contributed by atoms with Crippen LogP contribution in [-0.4, -0.2) is 64.4 Å². The number of imide groups is 1. The molecule has 2 aliphatic heterocycles. The topological polar surface area (TPSA) is 73.0 Å². The number of piperazine rings is 1. The number of benzene rings is 3. The van der Waals surface area contributed by atoms with Crippen molar-refractivity contribution in [3.8, 4) is 11.1 Å². The zero-order chi connectivity index (χ0) is 25.7. The SMILES string of the molecule is O=C(Nc1ccccc1-c1ccccc1)N1CCN2C(=O)N(C3CC3c3ccc(F)c(F)c3)C(=O)[C@@H]2C1. The lowest BCUT2D eigenvalue weighted by atomic mass is 10.0. The third-order valence-electron chi connectivity index (χ3n) is 7.36. The van der Waals surface area contributed by atoms with Crippen LogP contribution in [0.5, 0.6) is 0 Å². The molecule has 0 bridgehead atoms. The van der Waals surface area contributed by atoms with Gasteiger partial charge in [0.2, 0.25) is 0 Å². The zero-order valence-electron chi connectivity index (χ0n) is 19.8. The summed E-state index contributed by atoms with van der Waals surface area (Å²) < 4.78 is 27.0. The summed E-state index contributed by atoms with van der Waals surface area (Å²) >= 11 is 0. The Kier molecular flexibility index (Phi) is 5.62. The summed E-state index contributed by atoms with van der Waals surface area (Å²) in [5.74, 6) is -2.47. The van der Waals surface area contributed by atoms with Crippen LogP contribution >= 0.6 is 0 Å². The molecule has 3 fully saturated rings. The van der Waals surface area contributed by atoms with Crippen molar-refractivity contribution in [2.75, 3.05) is 25.0 Å². The van der Waals surface area contributed by atoms with Crippen molar-refractivity contribution in [3.05, 3.63) is 90.0 Å². The molecule has 0 radical (unpaired) electrons. The summed E-state index contributed by atoms with van der Waals surface area (Å²) in [5.41, 5.74) is 3.07. The maximum atomic E-state index is 13.7. The van der Waals surface area contributed by atoms with Crippen LogP contribution in [0.25, 0.3) is 11.1 Å². The molecule has 6 rings (SSSR count). The van der Waals surface area contributed by atoms with E-state index in [4.69, 9.17) is 0 Å². The maximum absolute atomic E-state index is 13.7. The molecule has 7 nitrogen and oxygen atoms in total. The number of urea groups is 2. The van der Waals surface area contributed by atoms with Crippen LogP contribution in [0.4, 0.5) is 24.1 Å². The van der Waals surface area contributed by atoms with Crippen molar-refractivity contribution >= 4 is 23.7 Å². The van der Waals surface area contributed by atoms with Gasteiger partial charge in [0.15, 0.2) is 11.6 Å². The van der Waals surface area contributed by atoms with Crippen molar-refractivity contribution < 1.29 is 23.2 Å². The summed E-state index contributed by atoms with van der Waals surface area (Å²) in [6.07, 6.45) is 0.504. The molecule has 1 N–H and O–H groups in total. The van der Waals surface area contributed by atoms with Gasteiger partial charge in [-0.3, -0.25) is 9.69 Å². The number of hydrogen-bond acceptors (Lipinski definition) is 3. The zero-order valence-corrected chi connectivity index (χ0v) is 19.8. The molecule has 3 aromatic carbocycles. The minimum atomic E-state index is -0.949. The van der Waals surface area contributed by atoms with Gasteiger partial charge in [-0.1, -0.05) is 54.6 Å². The first-order chi connectivity index (χ1) is 17.9. The van der Waals surface area contributed by atoms with E-state index in [0.717, 1.165) is 23.3 Å². The van der Waals surface area contributed by atoms with E-state index >= 15 is 0 Å². The summed E-state index contributed by atoms with van der Waals surface area (Å²) in [4.78, 5) is 43.8. The van der Waals surface area contributed by atoms with Gasteiger partial charge in [-0.25, -0.2) is 18.4 Å². The Balaban J connectivity index is 1.15. The number of fused-ring (bicyclic) bond motifs is 1. The second-order valence-electron chi connectivity index (χ2n) is 9.57. The third kappa shape index (κ3) is 4.10. The molecule has 3 aliphatic rings. The van der Waals surface area contributed by atoms with Gasteiger partial charge < -0.3 is 15.1 Å². The van der Waals surface area contributed by atoms with Crippen molar-refractivity contribution in [2.45, 2.75) is 24.4 Å². The van der Waals surface area contributed by atoms with Crippen molar-refractivity contribution in [2.24, 2.45) is 0 Å². The number of carbonyl (C=O) groups excluding carboxylic acids is 3. The molecule has 2 heterocycles. The fourth-order valence-corrected chi connectivity index (χ4v) is 5.33. The quantitative estimate of drug-likeness (QED) is 0.527. The van der Waals surface area contributed by atoms with Crippen molar-refractivity contribution in [3.63, 3.8) is 0 Å². The van der Waals surface area contributed by atoms with Crippen LogP contribution in [0.2, 0.25) is 0 Å². The molecule has 0 aromatic heterocycles. The number of hydrogen-bond donors (Lipinski definition) is 1. The normalized spacial score (nSPS) is 22.8. The number of nitrogens with zero attached hydrogens (tertiary/aromatic N) is 3. The number of rotatable bonds is 4. The smallest absolute Gasteiger partial charge is 0.320 e. The van der Waals surface area contributed by atoms with Gasteiger partial charge in [0.1, 0.15) is 6.04 Å². The summed E-state index contributed by atoms with van der Waals surface area (Å²) in [5, 5.41) is 2.96. The molecule has 2 saturated heterocycles. The lowest BCUT2D eigenvalue weighted by Crippen LogP contribution is -2.55. The molecule has 1 aliphatic carbocycles. The lowest BCUT2D eigenvalue weighted by Gasteiger charge is -2.35. The number of nitrogens with one attached hydrogen (secondary N) is 1. The summed E-state index contributed by atoms with van der Waals surface area (Å²) in [7, 11) is 0. The van der Waals surface area contributed by atoms with Gasteiger partial charge in [-0.15, -0.1) is 0 Å². The minimum absolute atomic E-state index is 0.0863. The molecule has 9 heteroatoms. The highest BCUT2D eigenvalue weighted by Crippen LogP contribution is 2.47. The molecule has 188 valence electrons. The number of para-hydroxylation sites is 1. The van der Waals surface area contributed by atoms with Crippen LogP contribution in [0.3, 0.4) is 0 Å². The summed E-state index contributed by atoms with van der Waals surface area (Å²) in [6, 6.07) is 19.0. The predicted octanol–water partition coefficient (Wildman–Crippen LogP) is 4.67. The van der Waals surface area contributed by atoms with E-state index in [0.29, 0.717) is 24.2 Å². The Morgan fingerprint density at radius 1 is 0.892 bits per heavy atom. The van der Waals surface area contributed by atoms with E-state index in [-0.39, 0.29) is 37.0 Å². The fraction of sp³-hybridized carbons (Fsp3) is 0.250. The highest BCUT2D eigenvalue weighted by Gasteiger charge is 2.56.